The van der Waals surface area contributed by atoms with E-state index >= 15 is 0 Å². The standard InChI is InChI=1S/C33H55N5O4/c1-22(2)27(21-24(5)30(40)38-20-14-16-26(38)31(41)36-17-12-13-18-36)35(9)32(42)28(33(6,7)8)34-29(39)25-15-10-11-19-37(25)23(3)4/h12-13,21-23,25-28H,10-11,14-20H2,1-9H3,(H,34,39)/b24-21+/t25?,26-,27+,28+/m0/s1. The van der Waals surface area contributed by atoms with Crippen molar-refractivity contribution >= 4 is 23.6 Å². The third-order valence-electron chi connectivity index (χ3n) is 9.07. The Morgan fingerprint density at radius 3 is 2.12 bits per heavy atom. The molecule has 0 spiro atoms. The van der Waals surface area contributed by atoms with Crippen LogP contribution in [0.25, 0.3) is 0 Å². The van der Waals surface area contributed by atoms with Gasteiger partial charge >= 0.3 is 0 Å². The zero-order valence-electron chi connectivity index (χ0n) is 27.5. The first-order chi connectivity index (χ1) is 19.6. The molecule has 0 aromatic carbocycles. The second-order valence-electron chi connectivity index (χ2n) is 14.1. The van der Waals surface area contributed by atoms with E-state index in [0.29, 0.717) is 31.6 Å². The van der Waals surface area contributed by atoms with Gasteiger partial charge in [-0.2, -0.15) is 0 Å². The van der Waals surface area contributed by atoms with E-state index < -0.39 is 17.5 Å². The minimum atomic E-state index is -0.716. The highest BCUT2D eigenvalue weighted by Crippen LogP contribution is 2.27. The molecular formula is C33H55N5O4. The van der Waals surface area contributed by atoms with Crippen molar-refractivity contribution in [2.24, 2.45) is 11.3 Å². The van der Waals surface area contributed by atoms with E-state index in [2.05, 4.69) is 24.1 Å². The number of hydrogen-bond donors (Lipinski definition) is 1. The van der Waals surface area contributed by atoms with Crippen LogP contribution in [-0.2, 0) is 19.2 Å². The van der Waals surface area contributed by atoms with Crippen molar-refractivity contribution in [1.29, 1.82) is 0 Å². The van der Waals surface area contributed by atoms with E-state index in [1.54, 1.807) is 28.7 Å². The lowest BCUT2D eigenvalue weighted by atomic mass is 9.84. The van der Waals surface area contributed by atoms with Crippen LogP contribution in [0.2, 0.25) is 0 Å². The van der Waals surface area contributed by atoms with Crippen molar-refractivity contribution in [1.82, 2.24) is 24.9 Å². The Hall–Kier alpha value is -2.68. The SMILES string of the molecule is C/C(=C\[C@H](C(C)C)N(C)C(=O)[C@@H](NC(=O)C1CCCCN1C(C)C)C(C)(C)C)C(=O)N1CCC[C@H]1C(=O)N1CC=CC1. The molecule has 3 rings (SSSR count). The fraction of sp³-hybridized carbons (Fsp3) is 0.758. The summed E-state index contributed by atoms with van der Waals surface area (Å²) in [5, 5.41) is 3.14. The average Bonchev–Trinajstić information content (AvgIpc) is 3.65. The van der Waals surface area contributed by atoms with E-state index in [1.165, 1.54) is 0 Å². The summed E-state index contributed by atoms with van der Waals surface area (Å²) >= 11 is 0. The van der Waals surface area contributed by atoms with Gasteiger partial charge in [0.15, 0.2) is 0 Å². The van der Waals surface area contributed by atoms with Crippen LogP contribution in [0.3, 0.4) is 0 Å². The number of rotatable bonds is 9. The molecule has 1 unspecified atom stereocenters. The Kier molecular flexibility index (Phi) is 11.4. The van der Waals surface area contributed by atoms with Crippen molar-refractivity contribution in [3.05, 3.63) is 23.8 Å². The number of carbonyl (C=O) groups is 4. The van der Waals surface area contributed by atoms with Crippen molar-refractivity contribution in [2.45, 2.75) is 118 Å². The Morgan fingerprint density at radius 2 is 1.55 bits per heavy atom. The highest BCUT2D eigenvalue weighted by Gasteiger charge is 2.41. The largest absolute Gasteiger partial charge is 0.342 e. The zero-order valence-corrected chi connectivity index (χ0v) is 27.5. The lowest BCUT2D eigenvalue weighted by Gasteiger charge is -2.41. The van der Waals surface area contributed by atoms with E-state index in [9.17, 15) is 19.2 Å². The lowest BCUT2D eigenvalue weighted by molar-refractivity contribution is -0.142. The summed E-state index contributed by atoms with van der Waals surface area (Å²) in [6.07, 6.45) is 10.2. The van der Waals surface area contributed by atoms with E-state index in [-0.39, 0.29) is 47.7 Å². The van der Waals surface area contributed by atoms with E-state index in [0.717, 1.165) is 32.2 Å². The van der Waals surface area contributed by atoms with E-state index in [4.69, 9.17) is 0 Å². The number of likely N-dealkylation sites (N-methyl/N-ethyl adjacent to an activating group) is 1. The van der Waals surface area contributed by atoms with Crippen molar-refractivity contribution in [2.75, 3.05) is 33.2 Å². The second kappa shape index (κ2) is 14.2. The second-order valence-corrected chi connectivity index (χ2v) is 14.1. The summed E-state index contributed by atoms with van der Waals surface area (Å²) in [5.41, 5.74) is 0.0147. The van der Waals surface area contributed by atoms with Crippen LogP contribution >= 0.6 is 0 Å². The van der Waals surface area contributed by atoms with Crippen LogP contribution in [0.15, 0.2) is 23.8 Å². The van der Waals surface area contributed by atoms with Crippen LogP contribution in [0, 0.1) is 11.3 Å². The highest BCUT2D eigenvalue weighted by atomic mass is 16.2. The smallest absolute Gasteiger partial charge is 0.249 e. The molecule has 4 atom stereocenters. The molecule has 2 saturated heterocycles. The van der Waals surface area contributed by atoms with Gasteiger partial charge in [0.2, 0.25) is 23.6 Å². The topological polar surface area (TPSA) is 93.3 Å². The molecule has 0 radical (unpaired) electrons. The first-order valence-electron chi connectivity index (χ1n) is 15.9. The molecule has 9 heteroatoms. The van der Waals surface area contributed by atoms with Gasteiger partial charge in [-0.1, -0.05) is 59.3 Å². The summed E-state index contributed by atoms with van der Waals surface area (Å²) in [4.78, 5) is 61.8. The van der Waals surface area contributed by atoms with Gasteiger partial charge in [0.25, 0.3) is 0 Å². The predicted molar refractivity (Wildman–Crippen MR) is 166 cm³/mol. The monoisotopic (exact) mass is 585 g/mol. The molecule has 1 N–H and O–H groups in total. The molecule has 0 aliphatic carbocycles. The van der Waals surface area contributed by atoms with E-state index in [1.807, 2.05) is 52.8 Å². The quantitative estimate of drug-likeness (QED) is 0.330. The first-order valence-corrected chi connectivity index (χ1v) is 15.9. The molecule has 3 heterocycles. The summed E-state index contributed by atoms with van der Waals surface area (Å²) in [6.45, 7) is 18.6. The molecular weight excluding hydrogens is 530 g/mol. The van der Waals surface area contributed by atoms with Gasteiger partial charge in [-0.15, -0.1) is 0 Å². The number of likely N-dealkylation sites (tertiary alicyclic amines) is 2. The Morgan fingerprint density at radius 1 is 0.929 bits per heavy atom. The molecule has 3 aliphatic heterocycles. The zero-order chi connectivity index (χ0) is 31.4. The molecule has 236 valence electrons. The molecule has 3 aliphatic rings. The van der Waals surface area contributed by atoms with Crippen molar-refractivity contribution in [3.63, 3.8) is 0 Å². The van der Waals surface area contributed by atoms with Crippen LogP contribution in [0.1, 0.15) is 87.5 Å². The average molecular weight is 586 g/mol. The normalized spacial score (nSPS) is 23.5. The predicted octanol–water partition coefficient (Wildman–Crippen LogP) is 3.60. The fourth-order valence-electron chi connectivity index (χ4n) is 6.53. The summed E-state index contributed by atoms with van der Waals surface area (Å²) in [6, 6.07) is -1.50. The molecule has 4 amide bonds. The van der Waals surface area contributed by atoms with Gasteiger partial charge in [-0.3, -0.25) is 24.1 Å². The molecule has 0 aromatic rings. The van der Waals surface area contributed by atoms with Crippen LogP contribution < -0.4 is 5.32 Å². The fourth-order valence-corrected chi connectivity index (χ4v) is 6.53. The Balaban J connectivity index is 1.78. The minimum absolute atomic E-state index is 0.00381. The molecule has 42 heavy (non-hydrogen) atoms. The van der Waals surface area contributed by atoms with Crippen LogP contribution in [0.5, 0.6) is 0 Å². The van der Waals surface area contributed by atoms with Gasteiger partial charge in [0.1, 0.15) is 12.1 Å². The summed E-state index contributed by atoms with van der Waals surface area (Å²) in [7, 11) is 1.76. The number of nitrogens with one attached hydrogen (secondary N) is 1. The van der Waals surface area contributed by atoms with Gasteiger partial charge in [-0.05, 0) is 64.3 Å². The third kappa shape index (κ3) is 7.82. The number of hydrogen-bond acceptors (Lipinski definition) is 5. The summed E-state index contributed by atoms with van der Waals surface area (Å²) in [5.74, 6) is -0.389. The summed E-state index contributed by atoms with van der Waals surface area (Å²) < 4.78 is 0. The Bertz CT molecular complexity index is 1050. The van der Waals surface area contributed by atoms with Gasteiger partial charge in [0, 0.05) is 38.3 Å². The number of piperidine rings is 1. The maximum atomic E-state index is 14.1. The molecule has 9 nitrogen and oxygen atoms in total. The molecule has 0 bridgehead atoms. The number of carbonyl (C=O) groups excluding carboxylic acids is 4. The lowest BCUT2D eigenvalue weighted by Crippen LogP contribution is -2.60. The van der Waals surface area contributed by atoms with Crippen molar-refractivity contribution < 1.29 is 19.2 Å². The number of nitrogens with zero attached hydrogens (tertiary/aromatic N) is 4. The van der Waals surface area contributed by atoms with Crippen LogP contribution in [0.4, 0.5) is 0 Å². The third-order valence-corrected chi connectivity index (χ3v) is 9.07. The first kappa shape index (κ1) is 33.8. The minimum Gasteiger partial charge on any atom is -0.342 e. The van der Waals surface area contributed by atoms with Crippen LogP contribution in [-0.4, -0.2) is 107 Å². The maximum absolute atomic E-state index is 14.1. The maximum Gasteiger partial charge on any atom is 0.249 e. The van der Waals surface area contributed by atoms with Gasteiger partial charge < -0.3 is 20.0 Å². The highest BCUT2D eigenvalue weighted by molar-refractivity contribution is 5.97. The van der Waals surface area contributed by atoms with Gasteiger partial charge in [-0.25, -0.2) is 0 Å². The Labute approximate surface area is 253 Å². The molecule has 2 fully saturated rings. The van der Waals surface area contributed by atoms with Gasteiger partial charge in [0.05, 0.1) is 12.1 Å². The molecule has 0 aromatic heterocycles. The molecule has 0 saturated carbocycles. The number of amides is 4. The van der Waals surface area contributed by atoms with Crippen molar-refractivity contribution in [3.8, 4) is 0 Å².